The molecule has 2 aromatic rings. The Labute approximate surface area is 132 Å². The van der Waals surface area contributed by atoms with Gasteiger partial charge in [0.25, 0.3) is 0 Å². The lowest BCUT2D eigenvalue weighted by atomic mass is 10.0. The first kappa shape index (κ1) is 16.1. The Morgan fingerprint density at radius 1 is 1.24 bits per heavy atom. The first-order valence-electron chi connectivity index (χ1n) is 6.52. The minimum atomic E-state index is -0.642. The average molecular weight is 331 g/mol. The van der Waals surface area contributed by atoms with Crippen LogP contribution in [0.1, 0.15) is 30.6 Å². The predicted molar refractivity (Wildman–Crippen MR) is 80.8 cm³/mol. The Morgan fingerprint density at radius 2 is 2.00 bits per heavy atom. The van der Waals surface area contributed by atoms with Crippen molar-refractivity contribution in [2.75, 3.05) is 6.54 Å². The van der Waals surface area contributed by atoms with E-state index in [4.69, 9.17) is 23.2 Å². The van der Waals surface area contributed by atoms with Crippen LogP contribution < -0.4 is 5.32 Å². The minimum absolute atomic E-state index is 0.293. The summed E-state index contributed by atoms with van der Waals surface area (Å²) in [5, 5.41) is 3.90. The third kappa shape index (κ3) is 3.90. The summed E-state index contributed by atoms with van der Waals surface area (Å²) in [5.41, 5.74) is 0.751. The van der Waals surface area contributed by atoms with Gasteiger partial charge in [-0.25, -0.2) is 8.78 Å². The molecule has 2 nitrogen and oxygen atoms in total. The van der Waals surface area contributed by atoms with Crippen molar-refractivity contribution in [1.29, 1.82) is 0 Å². The number of halogens is 4. The molecule has 0 spiro atoms. The average Bonchev–Trinajstić information content (AvgIpc) is 2.42. The lowest BCUT2D eigenvalue weighted by Crippen LogP contribution is -2.25. The zero-order chi connectivity index (χ0) is 15.4. The van der Waals surface area contributed by atoms with Crippen LogP contribution in [0.15, 0.2) is 30.5 Å². The Kier molecular flexibility index (Phi) is 5.51. The summed E-state index contributed by atoms with van der Waals surface area (Å²) in [4.78, 5) is 4.18. The van der Waals surface area contributed by atoms with Gasteiger partial charge in [0.15, 0.2) is 0 Å². The second kappa shape index (κ2) is 7.16. The van der Waals surface area contributed by atoms with Crippen LogP contribution in [0.4, 0.5) is 8.78 Å². The van der Waals surface area contributed by atoms with E-state index in [2.05, 4.69) is 10.3 Å². The maximum absolute atomic E-state index is 14.0. The maximum atomic E-state index is 14.0. The Bertz CT molecular complexity index is 584. The number of nitrogens with one attached hydrogen (secondary N) is 1. The van der Waals surface area contributed by atoms with Gasteiger partial charge in [-0.3, -0.25) is 4.98 Å². The Balaban J connectivity index is 2.46. The molecule has 0 amide bonds. The van der Waals surface area contributed by atoms with Gasteiger partial charge in [-0.05, 0) is 25.1 Å². The maximum Gasteiger partial charge on any atom is 0.131 e. The number of pyridine rings is 1. The molecule has 2 rings (SSSR count). The molecule has 21 heavy (non-hydrogen) atoms. The highest BCUT2D eigenvalue weighted by molar-refractivity contribution is 6.34. The molecule has 0 aliphatic rings. The molecule has 0 fully saturated rings. The highest BCUT2D eigenvalue weighted by atomic mass is 35.5. The van der Waals surface area contributed by atoms with Crippen LogP contribution in [0.3, 0.4) is 0 Å². The van der Waals surface area contributed by atoms with E-state index >= 15 is 0 Å². The van der Waals surface area contributed by atoms with Crippen molar-refractivity contribution in [3.05, 3.63) is 63.4 Å². The zero-order valence-corrected chi connectivity index (χ0v) is 12.8. The van der Waals surface area contributed by atoms with Gasteiger partial charge in [0.05, 0.1) is 21.8 Å². The zero-order valence-electron chi connectivity index (χ0n) is 11.3. The first-order chi connectivity index (χ1) is 10.0. The number of aromatic nitrogens is 1. The van der Waals surface area contributed by atoms with E-state index < -0.39 is 17.7 Å². The van der Waals surface area contributed by atoms with Crippen molar-refractivity contribution in [2.24, 2.45) is 0 Å². The van der Waals surface area contributed by atoms with Gasteiger partial charge in [-0.2, -0.15) is 0 Å². The molecule has 0 radical (unpaired) electrons. The van der Waals surface area contributed by atoms with Gasteiger partial charge >= 0.3 is 0 Å². The van der Waals surface area contributed by atoms with Crippen LogP contribution in [0.5, 0.6) is 0 Å². The quantitative estimate of drug-likeness (QED) is 0.855. The fraction of sp³-hybridized carbons (Fsp3) is 0.267. The second-order valence-corrected chi connectivity index (χ2v) is 5.42. The molecular formula is C15H14Cl2F2N2. The predicted octanol–water partition coefficient (Wildman–Crippen LogP) is 4.76. The van der Waals surface area contributed by atoms with E-state index in [-0.39, 0.29) is 0 Å². The van der Waals surface area contributed by atoms with Crippen LogP contribution in [0.2, 0.25) is 10.0 Å². The number of hydrogen-bond acceptors (Lipinski definition) is 2. The molecule has 0 saturated carbocycles. The van der Waals surface area contributed by atoms with Gasteiger partial charge in [0.2, 0.25) is 0 Å². The van der Waals surface area contributed by atoms with Crippen LogP contribution >= 0.6 is 23.2 Å². The summed E-state index contributed by atoms with van der Waals surface area (Å²) in [5.74, 6) is -1.27. The van der Waals surface area contributed by atoms with Crippen molar-refractivity contribution in [1.82, 2.24) is 10.3 Å². The van der Waals surface area contributed by atoms with E-state index in [9.17, 15) is 8.78 Å². The van der Waals surface area contributed by atoms with Crippen LogP contribution in [0.25, 0.3) is 0 Å². The van der Waals surface area contributed by atoms with Crippen molar-refractivity contribution >= 4 is 23.2 Å². The fourth-order valence-electron chi connectivity index (χ4n) is 2.02. The molecule has 0 bridgehead atoms. The lowest BCUT2D eigenvalue weighted by molar-refractivity contribution is 0.527. The molecule has 1 heterocycles. The molecule has 6 heteroatoms. The molecule has 1 atom stereocenters. The van der Waals surface area contributed by atoms with E-state index in [0.29, 0.717) is 27.8 Å². The Hall–Kier alpha value is -1.23. The summed E-state index contributed by atoms with van der Waals surface area (Å²) < 4.78 is 27.1. The SMILES string of the molecule is CCCNC(c1ccc(F)cc1F)c1ncc(Cl)cc1Cl. The topological polar surface area (TPSA) is 24.9 Å². The van der Waals surface area contributed by atoms with E-state index in [1.54, 1.807) is 6.07 Å². The first-order valence-corrected chi connectivity index (χ1v) is 7.27. The van der Waals surface area contributed by atoms with Crippen molar-refractivity contribution in [3.63, 3.8) is 0 Å². The Morgan fingerprint density at radius 3 is 2.62 bits per heavy atom. The molecule has 0 aliphatic carbocycles. The lowest BCUT2D eigenvalue weighted by Gasteiger charge is -2.20. The number of nitrogens with zero attached hydrogens (tertiary/aromatic N) is 1. The summed E-state index contributed by atoms with van der Waals surface area (Å²) >= 11 is 12.0. The largest absolute Gasteiger partial charge is 0.305 e. The fourth-order valence-corrected chi connectivity index (χ4v) is 2.50. The van der Waals surface area contributed by atoms with E-state index in [0.717, 1.165) is 12.5 Å². The summed E-state index contributed by atoms with van der Waals surface area (Å²) in [6, 6.07) is 4.44. The molecule has 1 aromatic heterocycles. The highest BCUT2D eigenvalue weighted by Gasteiger charge is 2.21. The minimum Gasteiger partial charge on any atom is -0.305 e. The van der Waals surface area contributed by atoms with Gasteiger partial charge in [0, 0.05) is 17.8 Å². The van der Waals surface area contributed by atoms with Gasteiger partial charge in [-0.15, -0.1) is 0 Å². The second-order valence-electron chi connectivity index (χ2n) is 4.57. The number of benzene rings is 1. The van der Waals surface area contributed by atoms with Crippen molar-refractivity contribution in [2.45, 2.75) is 19.4 Å². The smallest absolute Gasteiger partial charge is 0.131 e. The molecule has 112 valence electrons. The molecule has 1 unspecified atom stereocenters. The van der Waals surface area contributed by atoms with Gasteiger partial charge in [-0.1, -0.05) is 36.2 Å². The van der Waals surface area contributed by atoms with Crippen LogP contribution in [-0.4, -0.2) is 11.5 Å². The van der Waals surface area contributed by atoms with E-state index in [1.807, 2.05) is 6.92 Å². The summed E-state index contributed by atoms with van der Waals surface area (Å²) in [7, 11) is 0. The standard InChI is InChI=1S/C15H14Cl2F2N2/c1-2-5-20-14(11-4-3-10(18)7-13(11)19)15-12(17)6-9(16)8-21-15/h3-4,6-8,14,20H,2,5H2,1H3. The van der Waals surface area contributed by atoms with Crippen molar-refractivity contribution in [3.8, 4) is 0 Å². The van der Waals surface area contributed by atoms with Gasteiger partial charge in [0.1, 0.15) is 11.6 Å². The third-order valence-corrected chi connectivity index (χ3v) is 3.49. The third-order valence-electron chi connectivity index (χ3n) is 2.98. The van der Waals surface area contributed by atoms with E-state index in [1.165, 1.54) is 18.3 Å². The number of rotatable bonds is 5. The monoisotopic (exact) mass is 330 g/mol. The molecule has 0 saturated heterocycles. The molecule has 1 N–H and O–H groups in total. The number of hydrogen-bond donors (Lipinski definition) is 1. The molecular weight excluding hydrogens is 317 g/mol. The summed E-state index contributed by atoms with van der Waals surface area (Å²) in [6.45, 7) is 2.63. The molecule has 0 aliphatic heterocycles. The van der Waals surface area contributed by atoms with Crippen LogP contribution in [-0.2, 0) is 0 Å². The van der Waals surface area contributed by atoms with Crippen LogP contribution in [0, 0.1) is 11.6 Å². The highest BCUT2D eigenvalue weighted by Crippen LogP contribution is 2.30. The summed E-state index contributed by atoms with van der Waals surface area (Å²) in [6.07, 6.45) is 2.30. The van der Waals surface area contributed by atoms with Gasteiger partial charge < -0.3 is 5.32 Å². The van der Waals surface area contributed by atoms with Crippen molar-refractivity contribution < 1.29 is 8.78 Å². The molecule has 1 aromatic carbocycles. The normalized spacial score (nSPS) is 12.4.